The van der Waals surface area contributed by atoms with Crippen LogP contribution in [0.2, 0.25) is 0 Å². The second-order valence-corrected chi connectivity index (χ2v) is 6.90. The van der Waals surface area contributed by atoms with E-state index in [1.807, 2.05) is 19.1 Å². The highest BCUT2D eigenvalue weighted by atomic mass is 19.1. The van der Waals surface area contributed by atoms with E-state index in [-0.39, 0.29) is 0 Å². The number of allylic oxidation sites excluding steroid dienone is 1. The van der Waals surface area contributed by atoms with Crippen molar-refractivity contribution in [3.05, 3.63) is 47.0 Å². The lowest BCUT2D eigenvalue weighted by Crippen LogP contribution is -2.16. The number of ether oxygens (including phenoxy) is 1. The zero-order valence-electron chi connectivity index (χ0n) is 14.9. The fraction of sp³-hybridized carbons (Fsp3) is 0.571. The van der Waals surface area contributed by atoms with Crippen molar-refractivity contribution in [2.75, 3.05) is 13.2 Å². The predicted molar refractivity (Wildman–Crippen MR) is 95.1 cm³/mol. The van der Waals surface area contributed by atoms with Crippen molar-refractivity contribution in [1.82, 2.24) is 0 Å². The van der Waals surface area contributed by atoms with E-state index in [4.69, 9.17) is 10.00 Å². The highest BCUT2D eigenvalue weighted by Gasteiger charge is 2.21. The average molecular weight is 347 g/mol. The van der Waals surface area contributed by atoms with Crippen LogP contribution in [0.4, 0.5) is 8.78 Å². The van der Waals surface area contributed by atoms with Gasteiger partial charge in [0.1, 0.15) is 23.3 Å². The number of halogens is 2. The predicted octanol–water partition coefficient (Wildman–Crippen LogP) is 5.56. The molecule has 2 nitrogen and oxygen atoms in total. The van der Waals surface area contributed by atoms with E-state index < -0.39 is 17.2 Å². The number of rotatable bonds is 8. The van der Waals surface area contributed by atoms with Crippen LogP contribution in [-0.4, -0.2) is 13.2 Å². The summed E-state index contributed by atoms with van der Waals surface area (Å²) in [6.07, 6.45) is 11.6. The van der Waals surface area contributed by atoms with Crippen LogP contribution in [-0.2, 0) is 11.2 Å². The summed E-state index contributed by atoms with van der Waals surface area (Å²) in [7, 11) is 0. The van der Waals surface area contributed by atoms with Gasteiger partial charge in [-0.25, -0.2) is 8.78 Å². The lowest BCUT2D eigenvalue weighted by atomic mass is 9.78. The molecule has 0 amide bonds. The van der Waals surface area contributed by atoms with Gasteiger partial charge in [0.2, 0.25) is 0 Å². The van der Waals surface area contributed by atoms with E-state index in [0.717, 1.165) is 25.4 Å². The van der Waals surface area contributed by atoms with Crippen LogP contribution >= 0.6 is 0 Å². The van der Waals surface area contributed by atoms with Gasteiger partial charge >= 0.3 is 0 Å². The number of hydrogen-bond donors (Lipinski definition) is 0. The van der Waals surface area contributed by atoms with Crippen molar-refractivity contribution < 1.29 is 13.5 Å². The van der Waals surface area contributed by atoms with Gasteiger partial charge in [-0.2, -0.15) is 5.26 Å². The molecule has 4 heteroatoms. The summed E-state index contributed by atoms with van der Waals surface area (Å²) in [4.78, 5) is 0. The molecule has 0 radical (unpaired) electrons. The Kier molecular flexibility index (Phi) is 8.08. The second-order valence-electron chi connectivity index (χ2n) is 6.90. The van der Waals surface area contributed by atoms with Crippen LogP contribution in [0.1, 0.15) is 56.6 Å². The lowest BCUT2D eigenvalue weighted by molar-refractivity contribution is 0.130. The minimum atomic E-state index is -0.751. The minimum Gasteiger partial charge on any atom is -0.377 e. The van der Waals surface area contributed by atoms with Gasteiger partial charge in [-0.05, 0) is 55.7 Å². The molecule has 136 valence electrons. The summed E-state index contributed by atoms with van der Waals surface area (Å²) in [5, 5.41) is 8.71. The van der Waals surface area contributed by atoms with Gasteiger partial charge in [-0.1, -0.05) is 37.8 Å². The molecule has 1 saturated carbocycles. The molecule has 1 aromatic rings. The third-order valence-corrected chi connectivity index (χ3v) is 5.14. The summed E-state index contributed by atoms with van der Waals surface area (Å²) in [6, 6.07) is 4.17. The van der Waals surface area contributed by atoms with Crippen molar-refractivity contribution in [2.45, 2.75) is 51.9 Å². The Morgan fingerprint density at radius 1 is 1.12 bits per heavy atom. The molecule has 1 fully saturated rings. The highest BCUT2D eigenvalue weighted by molar-refractivity contribution is 5.35. The molecule has 0 unspecified atom stereocenters. The molecule has 0 bridgehead atoms. The number of nitriles is 1. The Morgan fingerprint density at radius 3 is 2.28 bits per heavy atom. The first-order valence-electron chi connectivity index (χ1n) is 9.21. The van der Waals surface area contributed by atoms with Crippen molar-refractivity contribution in [3.63, 3.8) is 0 Å². The van der Waals surface area contributed by atoms with Crippen molar-refractivity contribution in [3.8, 4) is 6.07 Å². The van der Waals surface area contributed by atoms with Crippen LogP contribution in [0.15, 0.2) is 24.3 Å². The first kappa shape index (κ1) is 19.6. The van der Waals surface area contributed by atoms with Gasteiger partial charge in [0.25, 0.3) is 0 Å². The van der Waals surface area contributed by atoms with Crippen molar-refractivity contribution in [2.24, 2.45) is 11.8 Å². The molecule has 2 rings (SSSR count). The highest BCUT2D eigenvalue weighted by Crippen LogP contribution is 2.33. The Balaban J connectivity index is 1.70. The van der Waals surface area contributed by atoms with Gasteiger partial charge in [0.15, 0.2) is 0 Å². The van der Waals surface area contributed by atoms with Crippen molar-refractivity contribution >= 4 is 0 Å². The van der Waals surface area contributed by atoms with Crippen LogP contribution in [0.3, 0.4) is 0 Å². The monoisotopic (exact) mass is 347 g/mol. The fourth-order valence-electron chi connectivity index (χ4n) is 3.55. The summed E-state index contributed by atoms with van der Waals surface area (Å²) in [6.45, 7) is 3.51. The molecule has 1 aliphatic rings. The Bertz CT molecular complexity index is 590. The topological polar surface area (TPSA) is 33.0 Å². The second kappa shape index (κ2) is 10.3. The largest absolute Gasteiger partial charge is 0.377 e. The SMILES string of the molecule is C/C=C/COCCC1CCC(CCc2cc(F)c(C#N)c(F)c2)CC1. The fourth-order valence-corrected chi connectivity index (χ4v) is 3.55. The lowest BCUT2D eigenvalue weighted by Gasteiger charge is -2.28. The van der Waals surface area contributed by atoms with Crippen LogP contribution in [0.25, 0.3) is 0 Å². The zero-order valence-corrected chi connectivity index (χ0v) is 14.9. The van der Waals surface area contributed by atoms with Crippen LogP contribution < -0.4 is 0 Å². The molecule has 0 heterocycles. The van der Waals surface area contributed by atoms with E-state index in [1.165, 1.54) is 37.8 Å². The molecule has 0 saturated heterocycles. The van der Waals surface area contributed by atoms with E-state index in [2.05, 4.69) is 0 Å². The number of nitrogens with zero attached hydrogens (tertiary/aromatic N) is 1. The third-order valence-electron chi connectivity index (χ3n) is 5.14. The van der Waals surface area contributed by atoms with Gasteiger partial charge in [0, 0.05) is 6.61 Å². The van der Waals surface area contributed by atoms with E-state index in [0.29, 0.717) is 24.5 Å². The van der Waals surface area contributed by atoms with Gasteiger partial charge in [-0.15, -0.1) is 0 Å². The Morgan fingerprint density at radius 2 is 1.72 bits per heavy atom. The molecule has 0 aromatic heterocycles. The summed E-state index contributed by atoms with van der Waals surface area (Å²) < 4.78 is 32.9. The Hall–Kier alpha value is -1.73. The van der Waals surface area contributed by atoms with E-state index in [1.54, 1.807) is 6.07 Å². The number of aryl methyl sites for hydroxylation is 1. The summed E-state index contributed by atoms with van der Waals surface area (Å²) in [5.41, 5.74) is 0.161. The van der Waals surface area contributed by atoms with Crippen LogP contribution in [0, 0.1) is 34.8 Å². The smallest absolute Gasteiger partial charge is 0.144 e. The molecule has 1 aliphatic carbocycles. The molecule has 0 atom stereocenters. The average Bonchev–Trinajstić information content (AvgIpc) is 2.60. The molecular formula is C21H27F2NO. The van der Waals surface area contributed by atoms with Gasteiger partial charge in [-0.3, -0.25) is 0 Å². The minimum absolute atomic E-state index is 0.485. The normalized spacial score (nSPS) is 20.7. The van der Waals surface area contributed by atoms with Crippen LogP contribution in [0.5, 0.6) is 0 Å². The summed E-state index contributed by atoms with van der Waals surface area (Å²) in [5.74, 6) is -0.133. The third kappa shape index (κ3) is 6.25. The maximum atomic E-state index is 13.6. The van der Waals surface area contributed by atoms with E-state index in [9.17, 15) is 8.78 Å². The molecule has 0 N–H and O–H groups in total. The number of benzene rings is 1. The maximum absolute atomic E-state index is 13.6. The Labute approximate surface area is 149 Å². The first-order valence-corrected chi connectivity index (χ1v) is 9.21. The molecule has 25 heavy (non-hydrogen) atoms. The van der Waals surface area contributed by atoms with Gasteiger partial charge < -0.3 is 4.74 Å². The summed E-state index contributed by atoms with van der Waals surface area (Å²) >= 11 is 0. The van der Waals surface area contributed by atoms with Crippen molar-refractivity contribution in [1.29, 1.82) is 5.26 Å². The molecular weight excluding hydrogens is 320 g/mol. The number of hydrogen-bond acceptors (Lipinski definition) is 2. The standard InChI is InChI=1S/C21H27F2NO/c1-2-3-11-25-12-10-17-6-4-16(5-7-17)8-9-18-13-20(22)19(15-24)21(23)14-18/h2-3,13-14,16-17H,4-12H2,1H3/b3-2+. The molecule has 0 spiro atoms. The quantitative estimate of drug-likeness (QED) is 0.456. The van der Waals surface area contributed by atoms with Gasteiger partial charge in [0.05, 0.1) is 6.61 Å². The maximum Gasteiger partial charge on any atom is 0.144 e. The molecule has 1 aromatic carbocycles. The van der Waals surface area contributed by atoms with E-state index >= 15 is 0 Å². The molecule has 0 aliphatic heterocycles. The zero-order chi connectivity index (χ0) is 18.1. The first-order chi connectivity index (χ1) is 12.1.